The molecule has 35 heavy (non-hydrogen) atoms. The molecule has 7 heteroatoms. The fourth-order valence-corrected chi connectivity index (χ4v) is 5.85. The number of aryl methyl sites for hydroxylation is 4. The molecule has 4 rings (SSSR count). The molecule has 0 bridgehead atoms. The van der Waals surface area contributed by atoms with Crippen LogP contribution in [0.4, 0.5) is 5.69 Å². The van der Waals surface area contributed by atoms with Crippen LogP contribution in [0, 0.1) is 27.7 Å². The van der Waals surface area contributed by atoms with Gasteiger partial charge >= 0.3 is 0 Å². The monoisotopic (exact) mass is 488 g/mol. The fraction of sp³-hybridized carbons (Fsp3) is 0.214. The number of benzene rings is 3. The van der Waals surface area contributed by atoms with Crippen molar-refractivity contribution in [1.29, 1.82) is 0 Å². The lowest BCUT2D eigenvalue weighted by atomic mass is 10.0. The number of rotatable bonds is 5. The number of anilines is 1. The van der Waals surface area contributed by atoms with Gasteiger partial charge in [-0.25, -0.2) is 12.7 Å². The van der Waals surface area contributed by atoms with Gasteiger partial charge in [0.15, 0.2) is 0 Å². The summed E-state index contributed by atoms with van der Waals surface area (Å²) in [6.07, 6.45) is 0. The minimum atomic E-state index is -4.00. The standard InChI is InChI=1S/C28H28N2O4S/c1-17-6-10-24(14-19(17)3)26-21(5)28(32)30(35(26,33)34)16-22-8-11-23(12-9-22)27(31)29-25-13-7-18(2)20(4)15-25/h6-15H,16H2,1-5H3,(H,29,31). The van der Waals surface area contributed by atoms with Crippen molar-refractivity contribution in [3.05, 3.63) is 105 Å². The fourth-order valence-electron chi connectivity index (χ4n) is 4.05. The summed E-state index contributed by atoms with van der Waals surface area (Å²) in [7, 11) is -4.00. The number of amides is 2. The number of nitrogens with one attached hydrogen (secondary N) is 1. The Morgan fingerprint density at radius 2 is 1.40 bits per heavy atom. The molecule has 2 amide bonds. The summed E-state index contributed by atoms with van der Waals surface area (Å²) in [5.74, 6) is -0.797. The Kier molecular flexibility index (Phi) is 6.38. The first-order valence-electron chi connectivity index (χ1n) is 11.3. The van der Waals surface area contributed by atoms with Gasteiger partial charge < -0.3 is 5.32 Å². The molecule has 0 atom stereocenters. The van der Waals surface area contributed by atoms with E-state index in [9.17, 15) is 18.0 Å². The van der Waals surface area contributed by atoms with Crippen LogP contribution < -0.4 is 5.32 Å². The number of carbonyl (C=O) groups is 2. The highest BCUT2D eigenvalue weighted by Gasteiger charge is 2.42. The van der Waals surface area contributed by atoms with Crippen molar-refractivity contribution in [1.82, 2.24) is 4.31 Å². The highest BCUT2D eigenvalue weighted by Crippen LogP contribution is 2.37. The largest absolute Gasteiger partial charge is 0.322 e. The van der Waals surface area contributed by atoms with Crippen LogP contribution in [0.5, 0.6) is 0 Å². The van der Waals surface area contributed by atoms with Crippen molar-refractivity contribution < 1.29 is 18.0 Å². The third kappa shape index (κ3) is 4.64. The third-order valence-corrected chi connectivity index (χ3v) is 8.45. The first-order chi connectivity index (χ1) is 16.5. The molecule has 0 unspecified atom stereocenters. The quantitative estimate of drug-likeness (QED) is 0.530. The van der Waals surface area contributed by atoms with Crippen LogP contribution in [0.3, 0.4) is 0 Å². The van der Waals surface area contributed by atoms with E-state index in [4.69, 9.17) is 0 Å². The van der Waals surface area contributed by atoms with Gasteiger partial charge in [-0.05, 0) is 92.3 Å². The molecule has 1 aliphatic heterocycles. The second kappa shape index (κ2) is 9.15. The maximum atomic E-state index is 13.3. The van der Waals surface area contributed by atoms with E-state index in [2.05, 4.69) is 5.32 Å². The highest BCUT2D eigenvalue weighted by atomic mass is 32.2. The Labute approximate surface area is 206 Å². The van der Waals surface area contributed by atoms with E-state index in [1.165, 1.54) is 0 Å². The first kappa shape index (κ1) is 24.4. The Bertz CT molecular complexity index is 1490. The van der Waals surface area contributed by atoms with E-state index in [1.807, 2.05) is 52.0 Å². The van der Waals surface area contributed by atoms with Gasteiger partial charge in [0.1, 0.15) is 4.91 Å². The topological polar surface area (TPSA) is 83.6 Å². The Morgan fingerprint density at radius 1 is 0.800 bits per heavy atom. The van der Waals surface area contributed by atoms with E-state index in [0.717, 1.165) is 26.6 Å². The molecule has 0 saturated heterocycles. The maximum absolute atomic E-state index is 13.3. The second-order valence-electron chi connectivity index (χ2n) is 9.02. The van der Waals surface area contributed by atoms with Gasteiger partial charge in [0, 0.05) is 16.8 Å². The molecule has 1 N–H and O–H groups in total. The van der Waals surface area contributed by atoms with Gasteiger partial charge in [-0.1, -0.05) is 36.4 Å². The van der Waals surface area contributed by atoms with Gasteiger partial charge in [0.05, 0.1) is 6.54 Å². The van der Waals surface area contributed by atoms with Crippen molar-refractivity contribution in [2.24, 2.45) is 0 Å². The van der Waals surface area contributed by atoms with E-state index in [1.54, 1.807) is 43.3 Å². The number of carbonyl (C=O) groups excluding carboxylic acids is 2. The van der Waals surface area contributed by atoms with Crippen molar-refractivity contribution in [2.45, 2.75) is 41.2 Å². The molecule has 0 fully saturated rings. The van der Waals surface area contributed by atoms with Gasteiger partial charge in [-0.15, -0.1) is 0 Å². The molecular formula is C28H28N2O4S. The summed E-state index contributed by atoms with van der Waals surface area (Å²) in [4.78, 5) is 25.6. The number of nitrogens with zero attached hydrogens (tertiary/aromatic N) is 1. The summed E-state index contributed by atoms with van der Waals surface area (Å²) in [5.41, 5.74) is 6.70. The zero-order valence-corrected chi connectivity index (χ0v) is 21.3. The molecule has 0 radical (unpaired) electrons. The molecule has 0 aliphatic carbocycles. The van der Waals surface area contributed by atoms with Crippen LogP contribution in [0.25, 0.3) is 4.91 Å². The van der Waals surface area contributed by atoms with Crippen LogP contribution in [-0.2, 0) is 21.4 Å². The SMILES string of the molecule is CC1=C(c2ccc(C)c(C)c2)S(=O)(=O)N(Cc2ccc(C(=O)Nc3ccc(C)c(C)c3)cc2)C1=O. The average Bonchev–Trinajstić information content (AvgIpc) is 2.97. The van der Waals surface area contributed by atoms with Crippen LogP contribution >= 0.6 is 0 Å². The van der Waals surface area contributed by atoms with Crippen LogP contribution in [0.2, 0.25) is 0 Å². The molecule has 0 spiro atoms. The summed E-state index contributed by atoms with van der Waals surface area (Å²) < 4.78 is 27.6. The molecule has 3 aromatic rings. The molecule has 3 aromatic carbocycles. The van der Waals surface area contributed by atoms with Crippen molar-refractivity contribution in [2.75, 3.05) is 5.32 Å². The lowest BCUT2D eigenvalue weighted by Crippen LogP contribution is -2.30. The second-order valence-corrected chi connectivity index (χ2v) is 10.8. The molecule has 180 valence electrons. The predicted molar refractivity (Wildman–Crippen MR) is 138 cm³/mol. The Balaban J connectivity index is 1.52. The summed E-state index contributed by atoms with van der Waals surface area (Å²) in [5, 5.41) is 2.87. The zero-order valence-electron chi connectivity index (χ0n) is 20.5. The van der Waals surface area contributed by atoms with Crippen molar-refractivity contribution in [3.63, 3.8) is 0 Å². The lowest BCUT2D eigenvalue weighted by molar-refractivity contribution is -0.122. The van der Waals surface area contributed by atoms with E-state index in [0.29, 0.717) is 22.4 Å². The van der Waals surface area contributed by atoms with Crippen LogP contribution in [0.15, 0.2) is 66.2 Å². The number of sulfonamides is 1. The number of hydrogen-bond acceptors (Lipinski definition) is 4. The smallest absolute Gasteiger partial charge is 0.268 e. The molecule has 0 aromatic heterocycles. The van der Waals surface area contributed by atoms with Crippen LogP contribution in [-0.4, -0.2) is 24.5 Å². The Hall–Kier alpha value is -3.71. The minimum absolute atomic E-state index is 0.0509. The zero-order chi connectivity index (χ0) is 25.5. The molecular weight excluding hydrogens is 460 g/mol. The van der Waals surface area contributed by atoms with Gasteiger partial charge in [0.25, 0.3) is 21.8 Å². The summed E-state index contributed by atoms with van der Waals surface area (Å²) in [6, 6.07) is 17.7. The third-order valence-electron chi connectivity index (χ3n) is 6.51. The lowest BCUT2D eigenvalue weighted by Gasteiger charge is -2.17. The van der Waals surface area contributed by atoms with Gasteiger partial charge in [-0.3, -0.25) is 9.59 Å². The summed E-state index contributed by atoms with van der Waals surface area (Å²) >= 11 is 0. The molecule has 1 heterocycles. The van der Waals surface area contributed by atoms with Gasteiger partial charge in [-0.2, -0.15) is 0 Å². The van der Waals surface area contributed by atoms with Crippen molar-refractivity contribution in [3.8, 4) is 0 Å². The minimum Gasteiger partial charge on any atom is -0.322 e. The first-order valence-corrected chi connectivity index (χ1v) is 12.8. The van der Waals surface area contributed by atoms with E-state index >= 15 is 0 Å². The highest BCUT2D eigenvalue weighted by molar-refractivity contribution is 7.99. The maximum Gasteiger partial charge on any atom is 0.268 e. The molecule has 1 aliphatic rings. The summed E-state index contributed by atoms with van der Waals surface area (Å²) in [6.45, 7) is 9.29. The van der Waals surface area contributed by atoms with E-state index < -0.39 is 15.9 Å². The number of hydrogen-bond donors (Lipinski definition) is 1. The molecule has 0 saturated carbocycles. The van der Waals surface area contributed by atoms with E-state index in [-0.39, 0.29) is 22.9 Å². The van der Waals surface area contributed by atoms with Crippen molar-refractivity contribution >= 4 is 32.4 Å². The molecule has 6 nitrogen and oxygen atoms in total. The Morgan fingerprint density at radius 3 is 2.00 bits per heavy atom. The van der Waals surface area contributed by atoms with Crippen LogP contribution in [0.1, 0.15) is 50.7 Å². The predicted octanol–water partition coefficient (Wildman–Crippen LogP) is 5.28. The van der Waals surface area contributed by atoms with Gasteiger partial charge in [0.2, 0.25) is 0 Å². The normalized spacial score (nSPS) is 15.0. The average molecular weight is 489 g/mol.